The third-order valence-corrected chi connectivity index (χ3v) is 10.3. The van der Waals surface area contributed by atoms with Gasteiger partial charge >= 0.3 is 0 Å². The Morgan fingerprint density at radius 3 is 2.46 bits per heavy atom. The van der Waals surface area contributed by atoms with Crippen molar-refractivity contribution >= 4 is 21.7 Å². The molecule has 2 heterocycles. The molecule has 1 N–H and O–H groups in total. The Bertz CT molecular complexity index is 1430. The van der Waals surface area contributed by atoms with Gasteiger partial charge in [0.1, 0.15) is 11.3 Å². The lowest BCUT2D eigenvalue weighted by atomic mass is 10.1. The summed E-state index contributed by atoms with van der Waals surface area (Å²) in [4.78, 5) is 40.7. The first-order valence-electron chi connectivity index (χ1n) is 11.7. The molecular formula is C25H26N4O5S. The molecule has 1 aliphatic heterocycles. The minimum Gasteiger partial charge on any atom is -0.348 e. The molecule has 0 atom stereocenters. The number of nitrogens with one attached hydrogen (secondary N) is 1. The van der Waals surface area contributed by atoms with Crippen LogP contribution in [0.3, 0.4) is 0 Å². The number of carbonyl (C=O) groups is 2. The first-order chi connectivity index (χ1) is 16.7. The zero-order valence-corrected chi connectivity index (χ0v) is 20.2. The number of nitriles is 1. The molecule has 0 spiro atoms. The summed E-state index contributed by atoms with van der Waals surface area (Å²) >= 11 is 0. The van der Waals surface area contributed by atoms with E-state index < -0.39 is 26.1 Å². The van der Waals surface area contributed by atoms with E-state index in [-0.39, 0.29) is 48.6 Å². The lowest BCUT2D eigenvalue weighted by Gasteiger charge is -2.33. The quantitative estimate of drug-likeness (QED) is 0.621. The fourth-order valence-electron chi connectivity index (χ4n) is 4.82. The average Bonchev–Trinajstić information content (AvgIpc) is 3.75. The molecule has 2 amide bonds. The summed E-state index contributed by atoms with van der Waals surface area (Å²) in [5.74, 6) is -0.909. The molecule has 1 aromatic heterocycles. The summed E-state index contributed by atoms with van der Waals surface area (Å²) in [7, 11) is -3.26. The van der Waals surface area contributed by atoms with Gasteiger partial charge in [-0.25, -0.2) is 8.42 Å². The highest BCUT2D eigenvalue weighted by Crippen LogP contribution is 2.50. The third kappa shape index (κ3) is 4.04. The van der Waals surface area contributed by atoms with Crippen molar-refractivity contribution in [2.45, 2.75) is 55.7 Å². The molecule has 35 heavy (non-hydrogen) atoms. The van der Waals surface area contributed by atoms with Gasteiger partial charge in [-0.1, -0.05) is 12.1 Å². The Balaban J connectivity index is 1.34. The summed E-state index contributed by atoms with van der Waals surface area (Å²) in [6, 6.07) is 10.2. The molecule has 1 aromatic carbocycles. The molecule has 2 fully saturated rings. The number of benzene rings is 1. The SMILES string of the molecule is Cc1cc(C(=O)NCc2ccc(C#N)cc2)c(=O)n2c1C(=O)N(CC1(S(=O)(=O)C3CC3)CC1)CC2. The zero-order valence-electron chi connectivity index (χ0n) is 19.4. The van der Waals surface area contributed by atoms with Crippen LogP contribution in [0.5, 0.6) is 0 Å². The maximum Gasteiger partial charge on any atom is 0.270 e. The van der Waals surface area contributed by atoms with E-state index in [1.165, 1.54) is 10.6 Å². The highest BCUT2D eigenvalue weighted by molar-refractivity contribution is 7.94. The molecule has 2 aromatic rings. The van der Waals surface area contributed by atoms with Crippen LogP contribution < -0.4 is 10.9 Å². The first-order valence-corrected chi connectivity index (χ1v) is 13.3. The molecule has 2 saturated carbocycles. The number of amides is 2. The van der Waals surface area contributed by atoms with E-state index in [0.29, 0.717) is 36.8 Å². The molecular weight excluding hydrogens is 468 g/mol. The van der Waals surface area contributed by atoms with Crippen LogP contribution in [0, 0.1) is 18.3 Å². The van der Waals surface area contributed by atoms with Crippen molar-refractivity contribution in [2.24, 2.45) is 0 Å². The largest absolute Gasteiger partial charge is 0.348 e. The summed E-state index contributed by atoms with van der Waals surface area (Å²) < 4.78 is 26.3. The zero-order chi connectivity index (χ0) is 25.0. The Labute approximate surface area is 203 Å². The summed E-state index contributed by atoms with van der Waals surface area (Å²) in [6.07, 6.45) is 2.54. The summed E-state index contributed by atoms with van der Waals surface area (Å²) in [6.45, 7) is 2.46. The second-order valence-electron chi connectivity index (χ2n) is 9.69. The van der Waals surface area contributed by atoms with Crippen LogP contribution in [0.15, 0.2) is 35.1 Å². The highest BCUT2D eigenvalue weighted by atomic mass is 32.2. The van der Waals surface area contributed by atoms with E-state index in [9.17, 15) is 22.8 Å². The molecule has 9 nitrogen and oxygen atoms in total. The van der Waals surface area contributed by atoms with Gasteiger partial charge in [0.05, 0.1) is 21.6 Å². The van der Waals surface area contributed by atoms with Crippen LogP contribution in [-0.4, -0.2) is 52.8 Å². The monoisotopic (exact) mass is 494 g/mol. The second-order valence-corrected chi connectivity index (χ2v) is 12.3. The number of carbonyl (C=O) groups excluding carboxylic acids is 2. The number of nitrogens with zero attached hydrogens (tertiary/aromatic N) is 3. The Kier molecular flexibility index (Phi) is 5.55. The van der Waals surface area contributed by atoms with Gasteiger partial charge in [-0.15, -0.1) is 0 Å². The number of aryl methyl sites for hydroxylation is 1. The number of fused-ring (bicyclic) bond motifs is 1. The second kappa shape index (κ2) is 8.34. The van der Waals surface area contributed by atoms with E-state index >= 15 is 0 Å². The lowest BCUT2D eigenvalue weighted by molar-refractivity contribution is 0.0693. The van der Waals surface area contributed by atoms with Gasteiger partial charge < -0.3 is 14.8 Å². The normalized spacial score (nSPS) is 18.5. The van der Waals surface area contributed by atoms with Gasteiger partial charge in [-0.05, 0) is 61.9 Å². The fraction of sp³-hybridized carbons (Fsp3) is 0.440. The number of hydrogen-bond acceptors (Lipinski definition) is 6. The van der Waals surface area contributed by atoms with Gasteiger partial charge in [0.25, 0.3) is 17.4 Å². The Morgan fingerprint density at radius 1 is 1.17 bits per heavy atom. The van der Waals surface area contributed by atoms with Crippen LogP contribution in [-0.2, 0) is 22.9 Å². The Morgan fingerprint density at radius 2 is 1.86 bits per heavy atom. The molecule has 0 radical (unpaired) electrons. The van der Waals surface area contributed by atoms with E-state index in [1.54, 1.807) is 36.1 Å². The number of sulfone groups is 1. The lowest BCUT2D eigenvalue weighted by Crippen LogP contribution is -2.50. The van der Waals surface area contributed by atoms with Crippen molar-refractivity contribution in [3.8, 4) is 6.07 Å². The van der Waals surface area contributed by atoms with Gasteiger partial charge in [-0.3, -0.25) is 14.4 Å². The van der Waals surface area contributed by atoms with Crippen LogP contribution in [0.4, 0.5) is 0 Å². The minimum atomic E-state index is -3.26. The number of pyridine rings is 1. The van der Waals surface area contributed by atoms with Gasteiger partial charge in [0.15, 0.2) is 9.84 Å². The van der Waals surface area contributed by atoms with Crippen LogP contribution in [0.25, 0.3) is 0 Å². The summed E-state index contributed by atoms with van der Waals surface area (Å²) in [5.41, 5.74) is 1.43. The number of hydrogen-bond donors (Lipinski definition) is 1. The molecule has 0 unspecified atom stereocenters. The average molecular weight is 495 g/mol. The van der Waals surface area contributed by atoms with Gasteiger partial charge in [0.2, 0.25) is 0 Å². The Hall–Kier alpha value is -3.45. The fourth-order valence-corrected chi connectivity index (χ4v) is 7.29. The van der Waals surface area contributed by atoms with Crippen molar-refractivity contribution in [3.05, 3.63) is 68.6 Å². The first kappa shape index (κ1) is 23.3. The molecule has 3 aliphatic rings. The summed E-state index contributed by atoms with van der Waals surface area (Å²) in [5, 5.41) is 11.3. The van der Waals surface area contributed by atoms with Gasteiger partial charge in [-0.2, -0.15) is 5.26 Å². The van der Waals surface area contributed by atoms with Crippen molar-refractivity contribution in [1.29, 1.82) is 5.26 Å². The van der Waals surface area contributed by atoms with Crippen molar-refractivity contribution < 1.29 is 18.0 Å². The van der Waals surface area contributed by atoms with Crippen molar-refractivity contribution in [2.75, 3.05) is 13.1 Å². The standard InChI is InChI=1S/C25H26N4O5S/c1-16-12-20(22(30)27-14-18-4-2-17(13-26)3-5-18)23(31)29-11-10-28(24(32)21(16)29)15-25(8-9-25)35(33,34)19-6-7-19/h2-5,12,19H,6-11,14-15H2,1H3,(H,27,30). The molecule has 2 aliphatic carbocycles. The molecule has 5 rings (SSSR count). The predicted octanol–water partition coefficient (Wildman–Crippen LogP) is 1.52. The number of rotatable bonds is 7. The highest BCUT2D eigenvalue weighted by Gasteiger charge is 2.60. The predicted molar refractivity (Wildman–Crippen MR) is 128 cm³/mol. The van der Waals surface area contributed by atoms with Gasteiger partial charge in [0, 0.05) is 26.2 Å². The smallest absolute Gasteiger partial charge is 0.270 e. The van der Waals surface area contributed by atoms with Crippen LogP contribution in [0.2, 0.25) is 0 Å². The van der Waals surface area contributed by atoms with E-state index in [2.05, 4.69) is 5.32 Å². The van der Waals surface area contributed by atoms with E-state index in [4.69, 9.17) is 5.26 Å². The topological polar surface area (TPSA) is 129 Å². The van der Waals surface area contributed by atoms with E-state index in [0.717, 1.165) is 5.56 Å². The van der Waals surface area contributed by atoms with Crippen molar-refractivity contribution in [3.63, 3.8) is 0 Å². The van der Waals surface area contributed by atoms with Crippen LogP contribution in [0.1, 0.15) is 63.2 Å². The maximum absolute atomic E-state index is 13.3. The minimum absolute atomic E-state index is 0.0453. The number of aromatic nitrogens is 1. The maximum atomic E-state index is 13.3. The third-order valence-electron chi connectivity index (χ3n) is 7.20. The van der Waals surface area contributed by atoms with Crippen molar-refractivity contribution in [1.82, 2.24) is 14.8 Å². The molecule has 0 bridgehead atoms. The molecule has 0 saturated heterocycles. The molecule has 10 heteroatoms. The van der Waals surface area contributed by atoms with E-state index in [1.807, 2.05) is 6.07 Å². The van der Waals surface area contributed by atoms with Crippen LogP contribution >= 0.6 is 0 Å². The molecule has 182 valence electrons.